The lowest BCUT2D eigenvalue weighted by Crippen LogP contribution is -2.66. The van der Waals surface area contributed by atoms with Crippen molar-refractivity contribution in [2.75, 3.05) is 33.2 Å². The quantitative estimate of drug-likeness (QED) is 0.755. The highest BCUT2D eigenvalue weighted by Crippen LogP contribution is 2.30. The lowest BCUT2D eigenvalue weighted by Gasteiger charge is -2.43. The van der Waals surface area contributed by atoms with Crippen molar-refractivity contribution in [3.05, 3.63) is 71.8 Å². The van der Waals surface area contributed by atoms with Crippen LogP contribution in [0.3, 0.4) is 0 Å². The topological polar surface area (TPSA) is 59.1 Å². The molecule has 0 saturated carbocycles. The first kappa shape index (κ1) is 21.1. The number of hydrogen-bond acceptors (Lipinski definition) is 5. The maximum Gasteiger partial charge on any atom is 0.327 e. The first-order valence-electron chi connectivity index (χ1n) is 11.6. The summed E-state index contributed by atoms with van der Waals surface area (Å²) >= 11 is 0. The molecule has 7 nitrogen and oxygen atoms in total. The standard InChI is InChI=1S/C25H31N5O2/c1-27-22-21(23(31)30(25(27)32)18-14-20-11-6-3-7-12-20)29-16-8-15-28(24(29)26-22)17-13-19-9-4-2-5-10-19/h2-7,9-12,21-22,24,26H,8,13-18H2,1H3. The van der Waals surface area contributed by atoms with Crippen LogP contribution in [0.2, 0.25) is 0 Å². The number of amides is 3. The summed E-state index contributed by atoms with van der Waals surface area (Å²) in [5.41, 5.74) is 2.45. The number of carbonyl (C=O) groups is 2. The number of hydrogen-bond donors (Lipinski definition) is 1. The van der Waals surface area contributed by atoms with Crippen LogP contribution < -0.4 is 5.32 Å². The Morgan fingerprint density at radius 2 is 1.50 bits per heavy atom. The molecule has 3 saturated heterocycles. The van der Waals surface area contributed by atoms with Crippen molar-refractivity contribution in [1.29, 1.82) is 0 Å². The molecule has 3 aliphatic heterocycles. The number of likely N-dealkylation sites (N-methyl/N-ethyl adjacent to an activating group) is 1. The molecule has 5 rings (SSSR count). The van der Waals surface area contributed by atoms with E-state index in [0.29, 0.717) is 13.0 Å². The van der Waals surface area contributed by atoms with Gasteiger partial charge in [0.05, 0.1) is 0 Å². The average Bonchev–Trinajstić information content (AvgIpc) is 3.23. The third-order valence-corrected chi connectivity index (χ3v) is 6.96. The van der Waals surface area contributed by atoms with E-state index in [9.17, 15) is 9.59 Å². The molecule has 1 N–H and O–H groups in total. The van der Waals surface area contributed by atoms with Gasteiger partial charge >= 0.3 is 6.03 Å². The third kappa shape index (κ3) is 3.92. The van der Waals surface area contributed by atoms with Crippen LogP contribution in [0.25, 0.3) is 0 Å². The van der Waals surface area contributed by atoms with Crippen molar-refractivity contribution in [1.82, 2.24) is 24.9 Å². The molecule has 3 atom stereocenters. The summed E-state index contributed by atoms with van der Waals surface area (Å²) in [5.74, 6) is -0.0751. The molecule has 0 bridgehead atoms. The Labute approximate surface area is 189 Å². The lowest BCUT2D eigenvalue weighted by atomic mass is 10.1. The highest BCUT2D eigenvalue weighted by Gasteiger charge is 2.55. The van der Waals surface area contributed by atoms with E-state index in [1.54, 1.807) is 4.90 Å². The molecular formula is C25H31N5O2. The van der Waals surface area contributed by atoms with Gasteiger partial charge in [0.15, 0.2) is 0 Å². The number of nitrogens with one attached hydrogen (secondary N) is 1. The highest BCUT2D eigenvalue weighted by molar-refractivity contribution is 6.00. The van der Waals surface area contributed by atoms with Crippen LogP contribution in [-0.4, -0.2) is 83.3 Å². The first-order valence-corrected chi connectivity index (χ1v) is 11.6. The second-order valence-electron chi connectivity index (χ2n) is 8.91. The molecule has 3 unspecified atom stereocenters. The lowest BCUT2D eigenvalue weighted by molar-refractivity contribution is -0.139. The fourth-order valence-electron chi connectivity index (χ4n) is 5.24. The zero-order chi connectivity index (χ0) is 22.1. The predicted molar refractivity (Wildman–Crippen MR) is 123 cm³/mol. The predicted octanol–water partition coefficient (Wildman–Crippen LogP) is 1.95. The number of urea groups is 1. The molecule has 0 aromatic heterocycles. The summed E-state index contributed by atoms with van der Waals surface area (Å²) < 4.78 is 0. The van der Waals surface area contributed by atoms with Gasteiger partial charge in [0.1, 0.15) is 18.5 Å². The van der Waals surface area contributed by atoms with Crippen LogP contribution >= 0.6 is 0 Å². The van der Waals surface area contributed by atoms with Crippen molar-refractivity contribution in [2.24, 2.45) is 0 Å². The zero-order valence-corrected chi connectivity index (χ0v) is 18.6. The number of imide groups is 1. The molecule has 0 aliphatic carbocycles. The van der Waals surface area contributed by atoms with Crippen LogP contribution in [0.15, 0.2) is 60.7 Å². The van der Waals surface area contributed by atoms with Crippen molar-refractivity contribution in [3.63, 3.8) is 0 Å². The Balaban J connectivity index is 1.30. The minimum Gasteiger partial charge on any atom is -0.310 e. The zero-order valence-electron chi connectivity index (χ0n) is 18.6. The van der Waals surface area contributed by atoms with Crippen LogP contribution in [0.5, 0.6) is 0 Å². The number of nitrogens with zero attached hydrogens (tertiary/aromatic N) is 4. The maximum absolute atomic E-state index is 13.5. The Hall–Kier alpha value is -2.74. The van der Waals surface area contributed by atoms with E-state index in [1.807, 2.05) is 43.4 Å². The molecule has 2 aromatic rings. The fourth-order valence-corrected chi connectivity index (χ4v) is 5.24. The summed E-state index contributed by atoms with van der Waals surface area (Å²) in [4.78, 5) is 34.4. The van der Waals surface area contributed by atoms with E-state index in [0.717, 1.165) is 38.0 Å². The van der Waals surface area contributed by atoms with Crippen molar-refractivity contribution in [3.8, 4) is 0 Å². The van der Waals surface area contributed by atoms with Gasteiger partial charge in [-0.3, -0.25) is 24.8 Å². The van der Waals surface area contributed by atoms with E-state index in [2.05, 4.69) is 39.4 Å². The molecule has 0 radical (unpaired) electrons. The number of carbonyl (C=O) groups excluding carboxylic acids is 2. The average molecular weight is 434 g/mol. The summed E-state index contributed by atoms with van der Waals surface area (Å²) in [6, 6.07) is 20.0. The second-order valence-corrected chi connectivity index (χ2v) is 8.91. The van der Waals surface area contributed by atoms with Crippen LogP contribution in [0.4, 0.5) is 4.79 Å². The first-order chi connectivity index (χ1) is 15.6. The van der Waals surface area contributed by atoms with Gasteiger partial charge in [0.2, 0.25) is 0 Å². The molecule has 3 fully saturated rings. The molecule has 168 valence electrons. The number of benzene rings is 2. The Kier molecular flexibility index (Phi) is 5.95. The molecule has 3 aliphatic rings. The highest BCUT2D eigenvalue weighted by atomic mass is 16.2. The van der Waals surface area contributed by atoms with Crippen LogP contribution in [0.1, 0.15) is 17.5 Å². The van der Waals surface area contributed by atoms with Crippen molar-refractivity contribution < 1.29 is 9.59 Å². The molecule has 3 heterocycles. The molecule has 0 spiro atoms. The van der Waals surface area contributed by atoms with Gasteiger partial charge in [-0.2, -0.15) is 0 Å². The van der Waals surface area contributed by atoms with Gasteiger partial charge in [0.25, 0.3) is 5.91 Å². The molecular weight excluding hydrogens is 402 g/mol. The fraction of sp³-hybridized carbons (Fsp3) is 0.440. The maximum atomic E-state index is 13.5. The smallest absolute Gasteiger partial charge is 0.310 e. The van der Waals surface area contributed by atoms with Gasteiger partial charge in [-0.15, -0.1) is 0 Å². The number of rotatable bonds is 6. The van der Waals surface area contributed by atoms with Gasteiger partial charge in [0, 0.05) is 33.2 Å². The molecule has 3 amide bonds. The summed E-state index contributed by atoms with van der Waals surface area (Å²) in [5, 5.41) is 3.60. The normalized spacial score (nSPS) is 26.3. The van der Waals surface area contributed by atoms with Gasteiger partial charge in [-0.05, 0) is 30.4 Å². The summed E-state index contributed by atoms with van der Waals surface area (Å²) in [7, 11) is 1.81. The van der Waals surface area contributed by atoms with Gasteiger partial charge < -0.3 is 4.90 Å². The Bertz CT molecular complexity index is 953. The minimum atomic E-state index is -0.335. The van der Waals surface area contributed by atoms with E-state index >= 15 is 0 Å². The van der Waals surface area contributed by atoms with E-state index in [4.69, 9.17) is 0 Å². The van der Waals surface area contributed by atoms with Gasteiger partial charge in [-0.25, -0.2) is 4.79 Å². The monoisotopic (exact) mass is 433 g/mol. The Morgan fingerprint density at radius 1 is 0.875 bits per heavy atom. The van der Waals surface area contributed by atoms with Crippen molar-refractivity contribution in [2.45, 2.75) is 37.8 Å². The minimum absolute atomic E-state index is 0.0178. The molecule has 7 heteroatoms. The molecule has 2 aromatic carbocycles. The van der Waals surface area contributed by atoms with Crippen molar-refractivity contribution >= 4 is 11.9 Å². The third-order valence-electron chi connectivity index (χ3n) is 6.96. The summed E-state index contributed by atoms with van der Waals surface area (Å²) in [6.07, 6.45) is 2.35. The Morgan fingerprint density at radius 3 is 2.16 bits per heavy atom. The van der Waals surface area contributed by atoms with E-state index in [1.165, 1.54) is 10.5 Å². The summed E-state index contributed by atoms with van der Waals surface area (Å²) in [6.45, 7) is 3.18. The van der Waals surface area contributed by atoms with Crippen LogP contribution in [0, 0.1) is 0 Å². The van der Waals surface area contributed by atoms with Gasteiger partial charge in [-0.1, -0.05) is 60.7 Å². The molecule has 32 heavy (non-hydrogen) atoms. The SMILES string of the molecule is CN1C(=O)N(CCc2ccccc2)C(=O)C2C1NC1N(CCc3ccccc3)CCCN21. The van der Waals surface area contributed by atoms with E-state index in [-0.39, 0.29) is 30.4 Å². The number of fused-ring (bicyclic) bond motifs is 3. The van der Waals surface area contributed by atoms with E-state index < -0.39 is 0 Å². The largest absolute Gasteiger partial charge is 0.327 e. The second kappa shape index (κ2) is 9.02. The van der Waals surface area contributed by atoms with Crippen LogP contribution in [-0.2, 0) is 17.6 Å².